The van der Waals surface area contributed by atoms with E-state index in [4.69, 9.17) is 18.8 Å². The van der Waals surface area contributed by atoms with Gasteiger partial charge in [0.1, 0.15) is 23.4 Å². The van der Waals surface area contributed by atoms with Crippen molar-refractivity contribution in [2.24, 2.45) is 5.92 Å². The van der Waals surface area contributed by atoms with Crippen LogP contribution in [0, 0.1) is 5.92 Å². The molecule has 0 amide bonds. The molecule has 1 heterocycles. The van der Waals surface area contributed by atoms with Crippen LogP contribution in [0.15, 0.2) is 121 Å². The van der Waals surface area contributed by atoms with Gasteiger partial charge >= 0.3 is 7.12 Å². The molecule has 2 fully saturated rings. The second kappa shape index (κ2) is 11.3. The molecule has 1 saturated heterocycles. The van der Waals surface area contributed by atoms with Crippen molar-refractivity contribution in [3.63, 3.8) is 0 Å². The molecule has 6 heteroatoms. The molecule has 40 heavy (non-hydrogen) atoms. The van der Waals surface area contributed by atoms with E-state index in [2.05, 4.69) is 48.5 Å². The lowest BCUT2D eigenvalue weighted by molar-refractivity contribution is -0.136. The number of hydrogen-bond acceptors (Lipinski definition) is 5. The summed E-state index contributed by atoms with van der Waals surface area (Å²) in [6.07, 6.45) is -0.353. The van der Waals surface area contributed by atoms with E-state index >= 15 is 0 Å². The Morgan fingerprint density at radius 2 is 0.950 bits per heavy atom. The molecule has 204 valence electrons. The molecule has 1 N–H and O–H groups in total. The molecule has 0 spiro atoms. The van der Waals surface area contributed by atoms with Crippen LogP contribution < -0.4 is 0 Å². The van der Waals surface area contributed by atoms with Gasteiger partial charge in [0.05, 0.1) is 0 Å². The van der Waals surface area contributed by atoms with Crippen molar-refractivity contribution >= 4 is 7.12 Å². The summed E-state index contributed by atoms with van der Waals surface area (Å²) in [7, 11) is 2.96. The molecule has 0 radical (unpaired) electrons. The van der Waals surface area contributed by atoms with Crippen LogP contribution in [-0.2, 0) is 30.0 Å². The van der Waals surface area contributed by atoms with Crippen molar-refractivity contribution in [1.29, 1.82) is 0 Å². The Bertz CT molecular complexity index is 1190. The minimum absolute atomic E-state index is 0.0969. The van der Waals surface area contributed by atoms with Crippen LogP contribution in [0.1, 0.15) is 28.7 Å². The second-order valence-electron chi connectivity index (χ2n) is 10.7. The maximum Gasteiger partial charge on any atom is 0.461 e. The van der Waals surface area contributed by atoms with Crippen molar-refractivity contribution in [3.8, 4) is 0 Å². The van der Waals surface area contributed by atoms with Gasteiger partial charge in [-0.15, -0.1) is 0 Å². The fourth-order valence-electron chi connectivity index (χ4n) is 6.54. The highest BCUT2D eigenvalue weighted by molar-refractivity contribution is 6.48. The normalized spacial score (nSPS) is 22.8. The highest BCUT2D eigenvalue weighted by Crippen LogP contribution is 2.56. The standard InChI is InChI=1S/C34H35BO5/c1-37-33(26-15-7-3-8-16-26,27-17-9-4-10-18-27)31-32(40-35(39-31)30-23-25(30)24-36)34(38-2,28-19-11-5-12-20-28)29-21-13-6-14-22-29/h3-22,25,30-32,36H,23-24H2,1-2H3/t25-,30-,31+,32+/m0/s1. The van der Waals surface area contributed by atoms with Crippen LogP contribution in [0.4, 0.5) is 0 Å². The Balaban J connectivity index is 1.60. The maximum atomic E-state index is 9.93. The fraction of sp³-hybridized carbons (Fsp3) is 0.294. The van der Waals surface area contributed by atoms with Crippen LogP contribution in [0.5, 0.6) is 0 Å². The predicted octanol–water partition coefficient (Wildman–Crippen LogP) is 5.82. The van der Waals surface area contributed by atoms with Gasteiger partial charge in [-0.3, -0.25) is 0 Å². The molecule has 1 saturated carbocycles. The monoisotopic (exact) mass is 534 g/mol. The third-order valence-corrected chi connectivity index (χ3v) is 8.65. The van der Waals surface area contributed by atoms with Crippen LogP contribution >= 0.6 is 0 Å². The highest BCUT2D eigenvalue weighted by atomic mass is 16.7. The molecule has 5 nitrogen and oxygen atoms in total. The first-order chi connectivity index (χ1) is 19.7. The van der Waals surface area contributed by atoms with Crippen LogP contribution in [-0.4, -0.2) is 45.3 Å². The zero-order valence-electron chi connectivity index (χ0n) is 22.9. The summed E-state index contributed by atoms with van der Waals surface area (Å²) in [6.45, 7) is 0.114. The molecule has 1 aliphatic carbocycles. The number of benzene rings is 4. The van der Waals surface area contributed by atoms with E-state index in [-0.39, 0.29) is 18.3 Å². The first-order valence-electron chi connectivity index (χ1n) is 13.9. The summed E-state index contributed by atoms with van der Waals surface area (Å²) in [5, 5.41) is 9.93. The van der Waals surface area contributed by atoms with Gasteiger partial charge in [-0.05, 0) is 40.4 Å². The molecule has 2 aliphatic rings. The van der Waals surface area contributed by atoms with E-state index in [0.29, 0.717) is 0 Å². The van der Waals surface area contributed by atoms with E-state index in [1.165, 1.54) is 0 Å². The van der Waals surface area contributed by atoms with E-state index in [1.54, 1.807) is 14.2 Å². The summed E-state index contributed by atoms with van der Waals surface area (Å²) in [6, 6.07) is 40.8. The lowest BCUT2D eigenvalue weighted by Crippen LogP contribution is -2.56. The summed E-state index contributed by atoms with van der Waals surface area (Å²) in [5.41, 5.74) is 1.82. The van der Waals surface area contributed by atoms with Gasteiger partial charge in [0, 0.05) is 20.8 Å². The fourth-order valence-corrected chi connectivity index (χ4v) is 6.54. The molecular formula is C34H35BO5. The molecule has 4 aromatic carbocycles. The first-order valence-corrected chi connectivity index (χ1v) is 13.9. The molecular weight excluding hydrogens is 499 g/mol. The van der Waals surface area contributed by atoms with Gasteiger partial charge in [-0.2, -0.15) is 0 Å². The molecule has 4 aromatic rings. The summed E-state index contributed by atoms with van der Waals surface area (Å²) in [5.74, 6) is 0.250. The van der Waals surface area contributed by atoms with Crippen molar-refractivity contribution in [1.82, 2.24) is 0 Å². The molecule has 0 bridgehead atoms. The zero-order chi connectivity index (χ0) is 27.6. The van der Waals surface area contributed by atoms with Crippen LogP contribution in [0.3, 0.4) is 0 Å². The Hall–Kier alpha value is -3.26. The SMILES string of the molecule is COC(c1ccccc1)(c1ccccc1)[C@@H]1OB([C@H]2C[C@H]2CO)O[C@H]1C(OC)(c1ccccc1)c1ccccc1. The van der Waals surface area contributed by atoms with E-state index in [1.807, 2.05) is 72.8 Å². The topological polar surface area (TPSA) is 57.2 Å². The van der Waals surface area contributed by atoms with Gasteiger partial charge in [-0.1, -0.05) is 121 Å². The van der Waals surface area contributed by atoms with Gasteiger partial charge < -0.3 is 23.9 Å². The van der Waals surface area contributed by atoms with Gasteiger partial charge in [0.2, 0.25) is 0 Å². The van der Waals surface area contributed by atoms with Crippen molar-refractivity contribution < 1.29 is 23.9 Å². The Labute approximate surface area is 236 Å². The number of aliphatic hydroxyl groups is 1. The Morgan fingerprint density at radius 3 is 1.20 bits per heavy atom. The quantitative estimate of drug-likeness (QED) is 0.260. The minimum atomic E-state index is -1.02. The van der Waals surface area contributed by atoms with Crippen molar-refractivity contribution in [2.75, 3.05) is 20.8 Å². The smallest absolute Gasteiger partial charge is 0.402 e. The average Bonchev–Trinajstić information content (AvgIpc) is 3.71. The molecule has 6 rings (SSSR count). The highest BCUT2D eigenvalue weighted by Gasteiger charge is 2.65. The van der Waals surface area contributed by atoms with Gasteiger partial charge in [-0.25, -0.2) is 0 Å². The van der Waals surface area contributed by atoms with Crippen molar-refractivity contribution in [3.05, 3.63) is 144 Å². The van der Waals surface area contributed by atoms with Crippen LogP contribution in [0.25, 0.3) is 0 Å². The maximum absolute atomic E-state index is 9.93. The third kappa shape index (κ3) is 4.41. The zero-order valence-corrected chi connectivity index (χ0v) is 22.9. The van der Waals surface area contributed by atoms with Gasteiger partial charge in [0.15, 0.2) is 0 Å². The Morgan fingerprint density at radius 1 is 0.625 bits per heavy atom. The van der Waals surface area contributed by atoms with E-state index in [9.17, 15) is 5.11 Å². The molecule has 1 aliphatic heterocycles. The predicted molar refractivity (Wildman–Crippen MR) is 156 cm³/mol. The largest absolute Gasteiger partial charge is 0.461 e. The molecule has 4 atom stereocenters. The first kappa shape index (κ1) is 26.9. The van der Waals surface area contributed by atoms with Crippen molar-refractivity contribution in [2.45, 2.75) is 35.6 Å². The number of ether oxygens (including phenoxy) is 2. The third-order valence-electron chi connectivity index (χ3n) is 8.65. The van der Waals surface area contributed by atoms with E-state index < -0.39 is 30.5 Å². The lowest BCUT2D eigenvalue weighted by Gasteiger charge is -2.47. The number of aliphatic hydroxyl groups excluding tert-OH is 1. The molecule has 0 unspecified atom stereocenters. The summed E-state index contributed by atoms with van der Waals surface area (Å²) in [4.78, 5) is 0. The van der Waals surface area contributed by atoms with Crippen LogP contribution in [0.2, 0.25) is 5.82 Å². The number of rotatable bonds is 10. The summed E-state index contributed by atoms with van der Waals surface area (Å²) < 4.78 is 27.3. The minimum Gasteiger partial charge on any atom is -0.402 e. The van der Waals surface area contributed by atoms with Gasteiger partial charge in [0.25, 0.3) is 0 Å². The Kier molecular flexibility index (Phi) is 7.62. The lowest BCUT2D eigenvalue weighted by atomic mass is 9.71. The average molecular weight is 534 g/mol. The number of methoxy groups -OCH3 is 2. The summed E-state index contributed by atoms with van der Waals surface area (Å²) >= 11 is 0. The number of hydrogen-bond donors (Lipinski definition) is 1. The van der Waals surface area contributed by atoms with E-state index in [0.717, 1.165) is 28.7 Å². The molecule has 0 aromatic heterocycles. The second-order valence-corrected chi connectivity index (χ2v) is 10.7.